The van der Waals surface area contributed by atoms with Gasteiger partial charge in [0.25, 0.3) is 5.56 Å². The van der Waals surface area contributed by atoms with E-state index in [1.54, 1.807) is 0 Å². The second kappa shape index (κ2) is 7.41. The van der Waals surface area contributed by atoms with Gasteiger partial charge in [-0.05, 0) is 38.0 Å². The van der Waals surface area contributed by atoms with Crippen LogP contribution >= 0.6 is 23.1 Å². The monoisotopic (exact) mass is 373 g/mol. The summed E-state index contributed by atoms with van der Waals surface area (Å²) < 4.78 is 1.17. The van der Waals surface area contributed by atoms with E-state index in [1.807, 2.05) is 39.0 Å². The van der Waals surface area contributed by atoms with Crippen molar-refractivity contribution in [2.24, 2.45) is 0 Å². The number of aromatic nitrogens is 2. The van der Waals surface area contributed by atoms with Crippen molar-refractivity contribution in [3.8, 4) is 0 Å². The normalized spacial score (nSPS) is 11.0. The summed E-state index contributed by atoms with van der Waals surface area (Å²) in [7, 11) is 0. The van der Waals surface area contributed by atoms with Gasteiger partial charge in [0.15, 0.2) is 0 Å². The van der Waals surface area contributed by atoms with Crippen molar-refractivity contribution in [2.75, 3.05) is 11.2 Å². The van der Waals surface area contributed by atoms with E-state index in [0.717, 1.165) is 21.8 Å². The zero-order valence-corrected chi connectivity index (χ0v) is 16.0. The molecular formula is C18H19N3O2S2. The summed E-state index contributed by atoms with van der Waals surface area (Å²) >= 11 is 2.96. The molecule has 1 amide bonds. The molecule has 0 saturated heterocycles. The molecule has 1 aromatic carbocycles. The van der Waals surface area contributed by atoms with E-state index in [0.29, 0.717) is 10.2 Å². The first-order valence-corrected chi connectivity index (χ1v) is 9.78. The van der Waals surface area contributed by atoms with Gasteiger partial charge in [-0.1, -0.05) is 24.6 Å². The highest BCUT2D eigenvalue weighted by atomic mass is 32.2. The Morgan fingerprint density at radius 1 is 1.32 bits per heavy atom. The lowest BCUT2D eigenvalue weighted by Gasteiger charge is -2.09. The molecule has 7 heteroatoms. The van der Waals surface area contributed by atoms with Gasteiger partial charge >= 0.3 is 0 Å². The molecule has 1 N–H and O–H groups in total. The Bertz CT molecular complexity index is 992. The summed E-state index contributed by atoms with van der Waals surface area (Å²) in [6, 6.07) is 7.98. The van der Waals surface area contributed by atoms with Gasteiger partial charge in [-0.15, -0.1) is 23.1 Å². The van der Waals surface area contributed by atoms with Gasteiger partial charge in [-0.3, -0.25) is 15.0 Å². The van der Waals surface area contributed by atoms with Crippen LogP contribution in [0.25, 0.3) is 10.2 Å². The van der Waals surface area contributed by atoms with Crippen molar-refractivity contribution in [3.05, 3.63) is 57.0 Å². The largest absolute Gasteiger partial charge is 0.280 e. The van der Waals surface area contributed by atoms with Gasteiger partial charge in [-0.25, -0.2) is 9.66 Å². The van der Waals surface area contributed by atoms with Crippen LogP contribution in [0.5, 0.6) is 0 Å². The first kappa shape index (κ1) is 17.7. The molecule has 0 unspecified atom stereocenters. The van der Waals surface area contributed by atoms with Crippen molar-refractivity contribution in [3.63, 3.8) is 0 Å². The van der Waals surface area contributed by atoms with Crippen LogP contribution in [-0.4, -0.2) is 21.3 Å². The quantitative estimate of drug-likeness (QED) is 0.695. The lowest BCUT2D eigenvalue weighted by molar-refractivity contribution is -0.114. The average Bonchev–Trinajstić information content (AvgIpc) is 3.01. The maximum absolute atomic E-state index is 12.5. The molecular weight excluding hydrogens is 354 g/mol. The molecule has 25 heavy (non-hydrogen) atoms. The molecule has 2 aromatic heterocycles. The smallest absolute Gasteiger partial charge is 0.272 e. The number of benzene rings is 1. The number of fused-ring (bicyclic) bond motifs is 1. The van der Waals surface area contributed by atoms with E-state index in [-0.39, 0.29) is 17.2 Å². The van der Waals surface area contributed by atoms with Crippen LogP contribution in [-0.2, 0) is 11.2 Å². The van der Waals surface area contributed by atoms with E-state index < -0.39 is 0 Å². The number of nitrogens with zero attached hydrogens (tertiary/aromatic N) is 2. The van der Waals surface area contributed by atoms with Crippen LogP contribution in [0.1, 0.15) is 22.9 Å². The molecule has 0 atom stereocenters. The number of thioether (sulfide) groups is 1. The first-order chi connectivity index (χ1) is 12.0. The fourth-order valence-corrected chi connectivity index (χ4v) is 4.23. The molecule has 0 aliphatic heterocycles. The van der Waals surface area contributed by atoms with Crippen molar-refractivity contribution in [1.29, 1.82) is 0 Å². The van der Waals surface area contributed by atoms with Gasteiger partial charge in [0.2, 0.25) is 5.91 Å². The highest BCUT2D eigenvalue weighted by Crippen LogP contribution is 2.23. The topological polar surface area (TPSA) is 64.0 Å². The minimum Gasteiger partial charge on any atom is -0.272 e. The summed E-state index contributed by atoms with van der Waals surface area (Å²) in [5.74, 6) is -0.00253. The maximum atomic E-state index is 12.5. The average molecular weight is 374 g/mol. The van der Waals surface area contributed by atoms with Gasteiger partial charge in [0.1, 0.15) is 11.2 Å². The number of thiophene rings is 1. The van der Waals surface area contributed by atoms with Crippen molar-refractivity contribution >= 4 is 39.2 Å². The molecule has 0 saturated carbocycles. The van der Waals surface area contributed by atoms with Crippen molar-refractivity contribution in [2.45, 2.75) is 32.1 Å². The fourth-order valence-electron chi connectivity index (χ4n) is 2.50. The molecule has 0 spiro atoms. The number of hydrogen-bond acceptors (Lipinski definition) is 5. The Kier molecular flexibility index (Phi) is 5.24. The Morgan fingerprint density at radius 3 is 2.84 bits per heavy atom. The number of rotatable bonds is 5. The SMILES string of the molecule is CCc1cc2c(=O)n(NC(=O)CSc3ccc(C)cc3C)cnc2s1. The van der Waals surface area contributed by atoms with Crippen molar-refractivity contribution < 1.29 is 4.79 Å². The zero-order valence-electron chi connectivity index (χ0n) is 14.3. The van der Waals surface area contributed by atoms with Gasteiger partial charge in [0.05, 0.1) is 11.1 Å². The molecule has 3 aromatic rings. The molecule has 0 bridgehead atoms. The Labute approximate surface area is 154 Å². The first-order valence-electron chi connectivity index (χ1n) is 7.98. The zero-order chi connectivity index (χ0) is 18.0. The summed E-state index contributed by atoms with van der Waals surface area (Å²) in [6.45, 7) is 6.10. The van der Waals surface area contributed by atoms with Crippen LogP contribution in [0.2, 0.25) is 0 Å². The van der Waals surface area contributed by atoms with Crippen LogP contribution in [0.4, 0.5) is 0 Å². The molecule has 0 aliphatic rings. The number of carbonyl (C=O) groups is 1. The van der Waals surface area contributed by atoms with Gasteiger partial charge < -0.3 is 0 Å². The standard InChI is InChI=1S/C18H19N3O2S2/c1-4-13-8-14-17(25-13)19-10-21(18(14)23)20-16(22)9-24-15-6-5-11(2)7-12(15)3/h5-8,10H,4,9H2,1-3H3,(H,20,22). The molecule has 2 heterocycles. The third-order valence-corrected chi connectivity index (χ3v) is 6.15. The fraction of sp³-hybridized carbons (Fsp3) is 0.278. The van der Waals surface area contributed by atoms with Crippen LogP contribution in [0.3, 0.4) is 0 Å². The van der Waals surface area contributed by atoms with Crippen LogP contribution < -0.4 is 11.0 Å². The lowest BCUT2D eigenvalue weighted by atomic mass is 10.2. The summed E-state index contributed by atoms with van der Waals surface area (Å²) in [5, 5.41) is 0.548. The molecule has 0 fully saturated rings. The summed E-state index contributed by atoms with van der Waals surface area (Å²) in [5.41, 5.74) is 4.71. The van der Waals surface area contributed by atoms with E-state index >= 15 is 0 Å². The lowest BCUT2D eigenvalue weighted by Crippen LogP contribution is -2.33. The number of hydrogen-bond donors (Lipinski definition) is 1. The summed E-state index contributed by atoms with van der Waals surface area (Å²) in [6.07, 6.45) is 2.24. The molecule has 5 nitrogen and oxygen atoms in total. The van der Waals surface area contributed by atoms with Gasteiger partial charge in [-0.2, -0.15) is 0 Å². The Hall–Kier alpha value is -2.12. The summed E-state index contributed by atoms with van der Waals surface area (Å²) in [4.78, 5) is 31.8. The Balaban J connectivity index is 1.71. The van der Waals surface area contributed by atoms with E-state index in [1.165, 1.54) is 39.7 Å². The number of carbonyl (C=O) groups excluding carboxylic acids is 1. The Morgan fingerprint density at radius 2 is 2.12 bits per heavy atom. The molecule has 0 aliphatic carbocycles. The molecule has 3 rings (SSSR count). The minimum absolute atomic E-state index is 0.234. The minimum atomic E-state index is -0.245. The number of nitrogens with one attached hydrogen (secondary N) is 1. The number of aryl methyl sites for hydroxylation is 3. The maximum Gasteiger partial charge on any atom is 0.280 e. The predicted octanol–water partition coefficient (Wildman–Crippen LogP) is 3.50. The highest BCUT2D eigenvalue weighted by Gasteiger charge is 2.11. The number of amides is 1. The second-order valence-corrected chi connectivity index (χ2v) is 7.93. The third kappa shape index (κ3) is 3.93. The van der Waals surface area contributed by atoms with Gasteiger partial charge in [0, 0.05) is 9.77 Å². The van der Waals surface area contributed by atoms with Crippen LogP contribution in [0, 0.1) is 13.8 Å². The van der Waals surface area contributed by atoms with Crippen LogP contribution in [0.15, 0.2) is 40.3 Å². The molecule has 0 radical (unpaired) electrons. The van der Waals surface area contributed by atoms with E-state index in [4.69, 9.17) is 0 Å². The third-order valence-electron chi connectivity index (χ3n) is 3.79. The highest BCUT2D eigenvalue weighted by molar-refractivity contribution is 8.00. The second-order valence-electron chi connectivity index (χ2n) is 5.80. The van der Waals surface area contributed by atoms with E-state index in [9.17, 15) is 9.59 Å². The van der Waals surface area contributed by atoms with Crippen molar-refractivity contribution in [1.82, 2.24) is 9.66 Å². The predicted molar refractivity (Wildman–Crippen MR) is 104 cm³/mol. The molecule has 130 valence electrons. The van der Waals surface area contributed by atoms with E-state index in [2.05, 4.69) is 16.5 Å².